The number of imide groups is 1. The van der Waals surface area contributed by atoms with Gasteiger partial charge in [-0.3, -0.25) is 19.6 Å². The fourth-order valence-electron chi connectivity index (χ4n) is 4.62. The number of halogens is 3. The molecule has 2 fully saturated rings. The van der Waals surface area contributed by atoms with Crippen molar-refractivity contribution in [3.8, 4) is 11.6 Å². The molecule has 36 heavy (non-hydrogen) atoms. The molecule has 2 aliphatic rings. The standard InChI is InChI=1S/C24H22F3N5O4/c1-35-18-6-7-20-19(9-18)22(30-13-29-20)36-17-4-2-15(3-5-17)32-21(33)12-31(23(32)34)16-8-14(10-28-11-16)24(25,26)27/h6-11,13,15,17H,2-5,12H2,1H3. The third-order valence-corrected chi connectivity index (χ3v) is 6.45. The zero-order valence-electron chi connectivity index (χ0n) is 19.2. The minimum Gasteiger partial charge on any atom is -0.497 e. The number of anilines is 1. The molecule has 1 saturated heterocycles. The van der Waals surface area contributed by atoms with Crippen LogP contribution in [0, 0.1) is 0 Å². The Hall–Kier alpha value is -3.96. The molecule has 2 aromatic heterocycles. The first-order chi connectivity index (χ1) is 17.2. The van der Waals surface area contributed by atoms with Gasteiger partial charge in [0.1, 0.15) is 24.7 Å². The van der Waals surface area contributed by atoms with Crippen LogP contribution in [-0.4, -0.2) is 57.6 Å². The van der Waals surface area contributed by atoms with Gasteiger partial charge < -0.3 is 9.47 Å². The number of carbonyl (C=O) groups is 2. The summed E-state index contributed by atoms with van der Waals surface area (Å²) >= 11 is 0. The van der Waals surface area contributed by atoms with Gasteiger partial charge in [-0.25, -0.2) is 14.8 Å². The molecule has 12 heteroatoms. The van der Waals surface area contributed by atoms with Crippen molar-refractivity contribution < 1.29 is 32.2 Å². The molecule has 0 bridgehead atoms. The Morgan fingerprint density at radius 2 is 1.81 bits per heavy atom. The predicted molar refractivity (Wildman–Crippen MR) is 122 cm³/mol. The van der Waals surface area contributed by atoms with E-state index < -0.39 is 23.7 Å². The van der Waals surface area contributed by atoms with E-state index in [0.717, 1.165) is 22.1 Å². The second-order valence-electron chi connectivity index (χ2n) is 8.67. The number of aromatic nitrogens is 3. The first-order valence-electron chi connectivity index (χ1n) is 11.4. The minimum atomic E-state index is -4.60. The molecule has 0 spiro atoms. The third-order valence-electron chi connectivity index (χ3n) is 6.45. The van der Waals surface area contributed by atoms with Crippen LogP contribution in [-0.2, 0) is 11.0 Å². The molecule has 0 radical (unpaired) electrons. The first-order valence-corrected chi connectivity index (χ1v) is 11.4. The Labute approximate surface area is 203 Å². The molecule has 1 aromatic carbocycles. The molecule has 3 amide bonds. The van der Waals surface area contributed by atoms with E-state index in [9.17, 15) is 22.8 Å². The summed E-state index contributed by atoms with van der Waals surface area (Å²) in [7, 11) is 1.57. The molecule has 3 heterocycles. The number of methoxy groups -OCH3 is 1. The lowest BCUT2D eigenvalue weighted by atomic mass is 9.92. The second kappa shape index (κ2) is 9.25. The topological polar surface area (TPSA) is 97.8 Å². The SMILES string of the molecule is COc1ccc2ncnc(OC3CCC(N4C(=O)CN(c5cncc(C(F)(F)F)c5)C4=O)CC3)c2c1. The zero-order valence-corrected chi connectivity index (χ0v) is 19.2. The van der Waals surface area contributed by atoms with Gasteiger partial charge >= 0.3 is 12.2 Å². The van der Waals surface area contributed by atoms with Crippen LogP contribution < -0.4 is 14.4 Å². The number of rotatable bonds is 5. The third kappa shape index (κ3) is 4.50. The van der Waals surface area contributed by atoms with E-state index in [2.05, 4.69) is 15.0 Å². The summed E-state index contributed by atoms with van der Waals surface area (Å²) < 4.78 is 50.6. The van der Waals surface area contributed by atoms with Crippen LogP contribution in [0.15, 0.2) is 43.0 Å². The van der Waals surface area contributed by atoms with Crippen LogP contribution in [0.25, 0.3) is 10.9 Å². The number of fused-ring (bicyclic) bond motifs is 1. The lowest BCUT2D eigenvalue weighted by Gasteiger charge is -2.33. The van der Waals surface area contributed by atoms with E-state index in [1.165, 1.54) is 6.33 Å². The van der Waals surface area contributed by atoms with Gasteiger partial charge in [0.25, 0.3) is 5.91 Å². The van der Waals surface area contributed by atoms with Crippen molar-refractivity contribution >= 4 is 28.5 Å². The second-order valence-corrected chi connectivity index (χ2v) is 8.67. The Bertz CT molecular complexity index is 1310. The van der Waals surface area contributed by atoms with E-state index in [1.807, 2.05) is 6.07 Å². The van der Waals surface area contributed by atoms with Crippen molar-refractivity contribution in [3.05, 3.63) is 48.5 Å². The number of amides is 3. The average Bonchev–Trinajstić information content (AvgIpc) is 3.17. The average molecular weight is 501 g/mol. The molecule has 1 saturated carbocycles. The minimum absolute atomic E-state index is 0.0613. The van der Waals surface area contributed by atoms with E-state index in [1.54, 1.807) is 19.2 Å². The van der Waals surface area contributed by atoms with Crippen molar-refractivity contribution in [1.82, 2.24) is 19.9 Å². The summed E-state index contributed by atoms with van der Waals surface area (Å²) in [6.45, 7) is -0.326. The van der Waals surface area contributed by atoms with E-state index in [0.29, 0.717) is 54.4 Å². The normalized spacial score (nSPS) is 20.8. The van der Waals surface area contributed by atoms with Gasteiger partial charge in [0.05, 0.1) is 35.5 Å². The molecule has 5 rings (SSSR count). The number of benzene rings is 1. The maximum atomic E-state index is 13.1. The molecule has 0 unspecified atom stereocenters. The number of carbonyl (C=O) groups excluding carboxylic acids is 2. The van der Waals surface area contributed by atoms with Crippen molar-refractivity contribution in [2.75, 3.05) is 18.6 Å². The Morgan fingerprint density at radius 1 is 1.03 bits per heavy atom. The van der Waals surface area contributed by atoms with E-state index >= 15 is 0 Å². The summed E-state index contributed by atoms with van der Waals surface area (Å²) in [5.74, 6) is 0.631. The smallest absolute Gasteiger partial charge is 0.417 e. The largest absolute Gasteiger partial charge is 0.497 e. The van der Waals surface area contributed by atoms with E-state index in [-0.39, 0.29) is 24.4 Å². The highest BCUT2D eigenvalue weighted by Crippen LogP contribution is 2.35. The monoisotopic (exact) mass is 501 g/mol. The van der Waals surface area contributed by atoms with Gasteiger partial charge in [-0.1, -0.05) is 0 Å². The van der Waals surface area contributed by atoms with Gasteiger partial charge in [0.2, 0.25) is 5.88 Å². The number of hydrogen-bond donors (Lipinski definition) is 0. The van der Waals surface area contributed by atoms with Gasteiger partial charge in [-0.05, 0) is 49.9 Å². The maximum Gasteiger partial charge on any atom is 0.417 e. The summed E-state index contributed by atoms with van der Waals surface area (Å²) in [6, 6.07) is 5.24. The number of alkyl halides is 3. The van der Waals surface area contributed by atoms with Crippen LogP contribution in [0.2, 0.25) is 0 Å². The van der Waals surface area contributed by atoms with E-state index in [4.69, 9.17) is 9.47 Å². The quantitative estimate of drug-likeness (QED) is 0.483. The highest BCUT2D eigenvalue weighted by atomic mass is 19.4. The highest BCUT2D eigenvalue weighted by molar-refractivity contribution is 6.12. The van der Waals surface area contributed by atoms with Crippen LogP contribution in [0.3, 0.4) is 0 Å². The number of pyridine rings is 1. The Morgan fingerprint density at radius 3 is 2.53 bits per heavy atom. The molecule has 0 atom stereocenters. The van der Waals surface area contributed by atoms with Crippen LogP contribution in [0.5, 0.6) is 11.6 Å². The molecular weight excluding hydrogens is 479 g/mol. The maximum absolute atomic E-state index is 13.1. The van der Waals surface area contributed by atoms with Crippen molar-refractivity contribution in [3.63, 3.8) is 0 Å². The molecule has 1 aliphatic carbocycles. The molecular formula is C24H22F3N5O4. The summed E-state index contributed by atoms with van der Waals surface area (Å²) in [4.78, 5) is 40.0. The zero-order chi connectivity index (χ0) is 25.4. The lowest BCUT2D eigenvalue weighted by molar-refractivity contribution is -0.137. The number of ether oxygens (including phenoxy) is 2. The molecule has 3 aromatic rings. The van der Waals surface area contributed by atoms with Gasteiger partial charge in [-0.15, -0.1) is 0 Å². The fourth-order valence-corrected chi connectivity index (χ4v) is 4.62. The van der Waals surface area contributed by atoms with Crippen LogP contribution in [0.1, 0.15) is 31.2 Å². The molecule has 1 aliphatic heterocycles. The summed E-state index contributed by atoms with van der Waals surface area (Å²) in [5, 5.41) is 0.717. The van der Waals surface area contributed by atoms with Gasteiger partial charge in [0, 0.05) is 12.2 Å². The Balaban J connectivity index is 1.26. The van der Waals surface area contributed by atoms with Crippen molar-refractivity contribution in [2.24, 2.45) is 0 Å². The number of hydrogen-bond acceptors (Lipinski definition) is 7. The number of urea groups is 1. The van der Waals surface area contributed by atoms with Crippen molar-refractivity contribution in [2.45, 2.75) is 44.0 Å². The van der Waals surface area contributed by atoms with Crippen molar-refractivity contribution in [1.29, 1.82) is 0 Å². The molecule has 9 nitrogen and oxygen atoms in total. The summed E-state index contributed by atoms with van der Waals surface area (Å²) in [6.07, 6.45) is 0.624. The highest BCUT2D eigenvalue weighted by Gasteiger charge is 2.43. The molecule has 0 N–H and O–H groups in total. The molecule has 188 valence electrons. The Kier molecular flexibility index (Phi) is 6.10. The predicted octanol–water partition coefficient (Wildman–Crippen LogP) is 4.21. The number of nitrogens with zero attached hydrogens (tertiary/aromatic N) is 5. The first kappa shape index (κ1) is 23.8. The van der Waals surface area contributed by atoms with Gasteiger partial charge in [-0.2, -0.15) is 13.2 Å². The summed E-state index contributed by atoms with van der Waals surface area (Å²) in [5.41, 5.74) is -0.327. The van der Waals surface area contributed by atoms with Crippen LogP contribution in [0.4, 0.5) is 23.7 Å². The van der Waals surface area contributed by atoms with Gasteiger partial charge in [0.15, 0.2) is 0 Å². The lowest BCUT2D eigenvalue weighted by Crippen LogP contribution is -2.44. The fraction of sp³-hybridized carbons (Fsp3) is 0.375. The van der Waals surface area contributed by atoms with Crippen LogP contribution >= 0.6 is 0 Å².